The molecule has 0 aromatic heterocycles. The molecule has 1 rings (SSSR count). The topological polar surface area (TPSA) is 49.3 Å². The van der Waals surface area contributed by atoms with Crippen molar-refractivity contribution in [3.63, 3.8) is 0 Å². The summed E-state index contributed by atoms with van der Waals surface area (Å²) in [6.45, 7) is 8.54. The van der Waals surface area contributed by atoms with Gasteiger partial charge >= 0.3 is 5.97 Å². The lowest BCUT2D eigenvalue weighted by Crippen LogP contribution is -2.30. The fraction of sp³-hybridized carbons (Fsp3) is 0.923. The second-order valence-corrected chi connectivity index (χ2v) is 6.15. The van der Waals surface area contributed by atoms with Gasteiger partial charge in [-0.2, -0.15) is 0 Å². The van der Waals surface area contributed by atoms with Crippen LogP contribution < -0.4 is 5.32 Å². The summed E-state index contributed by atoms with van der Waals surface area (Å²) in [5.74, 6) is -0.375. The Hall–Kier alpha value is -0.570. The highest BCUT2D eigenvalue weighted by Crippen LogP contribution is 2.31. The lowest BCUT2D eigenvalue weighted by Gasteiger charge is -2.20. The van der Waals surface area contributed by atoms with Gasteiger partial charge in [0.1, 0.15) is 0 Å². The van der Waals surface area contributed by atoms with E-state index in [4.69, 9.17) is 5.11 Å². The molecule has 0 aliphatic heterocycles. The van der Waals surface area contributed by atoms with E-state index < -0.39 is 5.97 Å². The minimum Gasteiger partial charge on any atom is -0.481 e. The van der Waals surface area contributed by atoms with Gasteiger partial charge in [0.25, 0.3) is 0 Å². The lowest BCUT2D eigenvalue weighted by atomic mass is 9.92. The molecule has 0 heterocycles. The lowest BCUT2D eigenvalue weighted by molar-refractivity contribution is -0.142. The molecule has 16 heavy (non-hydrogen) atoms. The zero-order chi connectivity index (χ0) is 12.2. The molecule has 2 atom stereocenters. The predicted molar refractivity (Wildman–Crippen MR) is 65.4 cm³/mol. The van der Waals surface area contributed by atoms with Crippen LogP contribution in [-0.2, 0) is 4.79 Å². The van der Waals surface area contributed by atoms with E-state index in [9.17, 15) is 4.79 Å². The number of nitrogens with one attached hydrogen (secondary N) is 1. The van der Waals surface area contributed by atoms with Crippen molar-refractivity contribution in [3.8, 4) is 0 Å². The molecule has 0 spiro atoms. The third-order valence-corrected chi connectivity index (χ3v) is 3.43. The van der Waals surface area contributed by atoms with Gasteiger partial charge in [-0.15, -0.1) is 0 Å². The van der Waals surface area contributed by atoms with Crippen molar-refractivity contribution < 1.29 is 9.90 Å². The molecular weight excluding hydrogens is 202 g/mol. The van der Waals surface area contributed by atoms with Crippen LogP contribution in [0, 0.1) is 17.3 Å². The summed E-state index contributed by atoms with van der Waals surface area (Å²) in [5.41, 5.74) is 0.356. The van der Waals surface area contributed by atoms with E-state index in [1.54, 1.807) is 0 Å². The summed E-state index contributed by atoms with van der Waals surface area (Å²) >= 11 is 0. The molecule has 0 bridgehead atoms. The van der Waals surface area contributed by atoms with Crippen molar-refractivity contribution in [2.24, 2.45) is 17.3 Å². The molecule has 0 aromatic rings. The Kier molecular flexibility index (Phi) is 4.78. The van der Waals surface area contributed by atoms with Crippen LogP contribution in [0.15, 0.2) is 0 Å². The van der Waals surface area contributed by atoms with Crippen molar-refractivity contribution in [1.82, 2.24) is 5.32 Å². The Morgan fingerprint density at radius 2 is 2.06 bits per heavy atom. The van der Waals surface area contributed by atoms with Crippen LogP contribution in [-0.4, -0.2) is 24.2 Å². The van der Waals surface area contributed by atoms with Crippen LogP contribution in [0.1, 0.15) is 46.5 Å². The molecule has 1 aliphatic rings. The molecule has 1 fully saturated rings. The molecule has 3 nitrogen and oxygen atoms in total. The average Bonchev–Trinajstić information content (AvgIpc) is 2.58. The number of carboxylic acid groups (broad SMARTS) is 1. The predicted octanol–water partition coefficient (Wildman–Crippen LogP) is 2.51. The largest absolute Gasteiger partial charge is 0.481 e. The number of rotatable bonds is 5. The van der Waals surface area contributed by atoms with Crippen molar-refractivity contribution in [2.75, 3.05) is 13.1 Å². The van der Waals surface area contributed by atoms with Gasteiger partial charge in [-0.25, -0.2) is 0 Å². The van der Waals surface area contributed by atoms with E-state index in [-0.39, 0.29) is 5.92 Å². The van der Waals surface area contributed by atoms with Crippen LogP contribution in [0.5, 0.6) is 0 Å². The molecule has 3 heteroatoms. The first-order chi connectivity index (χ1) is 7.40. The maximum Gasteiger partial charge on any atom is 0.306 e. The van der Waals surface area contributed by atoms with Crippen LogP contribution in [0.2, 0.25) is 0 Å². The molecule has 1 aliphatic carbocycles. The second-order valence-electron chi connectivity index (χ2n) is 6.15. The SMILES string of the molecule is CC(C)(C)CCNCC1CCCC1C(=O)O. The molecule has 0 saturated heterocycles. The molecule has 0 amide bonds. The normalized spacial score (nSPS) is 25.9. The Bertz CT molecular complexity index is 233. The third kappa shape index (κ3) is 4.52. The summed E-state index contributed by atoms with van der Waals surface area (Å²) in [7, 11) is 0. The maximum atomic E-state index is 11.0. The number of hydrogen-bond donors (Lipinski definition) is 2. The Morgan fingerprint density at radius 1 is 1.38 bits per heavy atom. The van der Waals surface area contributed by atoms with E-state index >= 15 is 0 Å². The van der Waals surface area contributed by atoms with Crippen molar-refractivity contribution in [3.05, 3.63) is 0 Å². The van der Waals surface area contributed by atoms with Gasteiger partial charge in [0.15, 0.2) is 0 Å². The summed E-state index contributed by atoms with van der Waals surface area (Å²) in [4.78, 5) is 11.0. The van der Waals surface area contributed by atoms with Gasteiger partial charge in [-0.3, -0.25) is 4.79 Å². The summed E-state index contributed by atoms with van der Waals surface area (Å²) in [6, 6.07) is 0. The smallest absolute Gasteiger partial charge is 0.306 e. The van der Waals surface area contributed by atoms with Gasteiger partial charge in [0.2, 0.25) is 0 Å². The zero-order valence-electron chi connectivity index (χ0n) is 10.8. The highest BCUT2D eigenvalue weighted by Gasteiger charge is 2.32. The minimum atomic E-state index is -0.611. The highest BCUT2D eigenvalue weighted by atomic mass is 16.4. The molecule has 0 aromatic carbocycles. The van der Waals surface area contributed by atoms with Crippen LogP contribution in [0.25, 0.3) is 0 Å². The molecule has 1 saturated carbocycles. The van der Waals surface area contributed by atoms with Crippen molar-refractivity contribution in [1.29, 1.82) is 0 Å². The first-order valence-corrected chi connectivity index (χ1v) is 6.34. The van der Waals surface area contributed by atoms with Crippen LogP contribution >= 0.6 is 0 Å². The van der Waals surface area contributed by atoms with Crippen LogP contribution in [0.4, 0.5) is 0 Å². The standard InChI is InChI=1S/C13H25NO2/c1-13(2,3)7-8-14-9-10-5-4-6-11(10)12(15)16/h10-11,14H,4-9H2,1-3H3,(H,15,16). The maximum absolute atomic E-state index is 11.0. The van der Waals surface area contributed by atoms with E-state index in [2.05, 4.69) is 26.1 Å². The first-order valence-electron chi connectivity index (χ1n) is 6.34. The molecule has 2 N–H and O–H groups in total. The molecule has 94 valence electrons. The van der Waals surface area contributed by atoms with E-state index in [0.29, 0.717) is 11.3 Å². The number of carbonyl (C=O) groups is 1. The van der Waals surface area contributed by atoms with Gasteiger partial charge in [-0.05, 0) is 43.7 Å². The van der Waals surface area contributed by atoms with Gasteiger partial charge in [0.05, 0.1) is 5.92 Å². The van der Waals surface area contributed by atoms with E-state index in [0.717, 1.165) is 38.8 Å². The minimum absolute atomic E-state index is 0.109. The first kappa shape index (κ1) is 13.5. The Morgan fingerprint density at radius 3 is 2.62 bits per heavy atom. The van der Waals surface area contributed by atoms with E-state index in [1.165, 1.54) is 0 Å². The molecule has 0 radical (unpaired) electrons. The number of hydrogen-bond acceptors (Lipinski definition) is 2. The quantitative estimate of drug-likeness (QED) is 0.709. The Labute approximate surface area is 98.6 Å². The summed E-state index contributed by atoms with van der Waals surface area (Å²) in [5, 5.41) is 12.4. The fourth-order valence-electron chi connectivity index (χ4n) is 2.36. The van der Waals surface area contributed by atoms with Gasteiger partial charge in [-0.1, -0.05) is 27.2 Å². The van der Waals surface area contributed by atoms with Crippen molar-refractivity contribution in [2.45, 2.75) is 46.5 Å². The summed E-state index contributed by atoms with van der Waals surface area (Å²) < 4.78 is 0. The summed E-state index contributed by atoms with van der Waals surface area (Å²) in [6.07, 6.45) is 4.14. The van der Waals surface area contributed by atoms with Gasteiger partial charge in [0, 0.05) is 0 Å². The molecular formula is C13H25NO2. The highest BCUT2D eigenvalue weighted by molar-refractivity contribution is 5.70. The fourth-order valence-corrected chi connectivity index (χ4v) is 2.36. The second kappa shape index (κ2) is 5.67. The molecule has 2 unspecified atom stereocenters. The van der Waals surface area contributed by atoms with E-state index in [1.807, 2.05) is 0 Å². The monoisotopic (exact) mass is 227 g/mol. The van der Waals surface area contributed by atoms with Crippen molar-refractivity contribution >= 4 is 5.97 Å². The third-order valence-electron chi connectivity index (χ3n) is 3.43. The van der Waals surface area contributed by atoms with Crippen LogP contribution in [0.3, 0.4) is 0 Å². The average molecular weight is 227 g/mol. The zero-order valence-corrected chi connectivity index (χ0v) is 10.8. The Balaban J connectivity index is 2.20. The number of carboxylic acids is 1. The number of aliphatic carboxylic acids is 1. The van der Waals surface area contributed by atoms with Gasteiger partial charge < -0.3 is 10.4 Å².